The Bertz CT molecular complexity index is 398. The molecule has 0 bridgehead atoms. The average molecular weight is 233 g/mol. The molecule has 1 aromatic carbocycles. The summed E-state index contributed by atoms with van der Waals surface area (Å²) in [5.41, 5.74) is 0.692. The first-order valence-electron chi connectivity index (χ1n) is 6.23. The van der Waals surface area contributed by atoms with Gasteiger partial charge in [-0.05, 0) is 30.9 Å². The maximum absolute atomic E-state index is 13.6. The monoisotopic (exact) mass is 233 g/mol. The second-order valence-corrected chi connectivity index (χ2v) is 5.28. The van der Waals surface area contributed by atoms with Crippen LogP contribution in [0.5, 0.6) is 0 Å². The minimum atomic E-state index is -0.119. The quantitative estimate of drug-likeness (QED) is 0.743. The van der Waals surface area contributed by atoms with Gasteiger partial charge in [-0.25, -0.2) is 4.39 Å². The fourth-order valence-corrected chi connectivity index (χ4v) is 1.95. The van der Waals surface area contributed by atoms with E-state index in [9.17, 15) is 4.39 Å². The number of nitrogens with one attached hydrogen (secondary N) is 1. The lowest BCUT2D eigenvalue weighted by Gasteiger charge is -2.26. The van der Waals surface area contributed by atoms with Gasteiger partial charge in [-0.3, -0.25) is 0 Å². The van der Waals surface area contributed by atoms with Gasteiger partial charge in [-0.15, -0.1) is 6.58 Å². The van der Waals surface area contributed by atoms with Crippen LogP contribution in [0.2, 0.25) is 0 Å². The van der Waals surface area contributed by atoms with Crippen LogP contribution in [-0.4, -0.2) is 12.6 Å². The predicted octanol–water partition coefficient (Wildman–Crippen LogP) is 3.31. The second kappa shape index (κ2) is 5.01. The molecule has 2 rings (SSSR count). The first-order valence-corrected chi connectivity index (χ1v) is 6.23. The van der Waals surface area contributed by atoms with Crippen LogP contribution in [0.15, 0.2) is 36.9 Å². The third kappa shape index (κ3) is 3.40. The van der Waals surface area contributed by atoms with Crippen molar-refractivity contribution >= 4 is 0 Å². The summed E-state index contributed by atoms with van der Waals surface area (Å²) in [6.07, 6.45) is 5.18. The summed E-state index contributed by atoms with van der Waals surface area (Å²) >= 11 is 0. The molecule has 1 unspecified atom stereocenters. The van der Waals surface area contributed by atoms with Gasteiger partial charge < -0.3 is 5.32 Å². The summed E-state index contributed by atoms with van der Waals surface area (Å²) < 4.78 is 13.6. The summed E-state index contributed by atoms with van der Waals surface area (Å²) in [5.74, 6) is -0.119. The lowest BCUT2D eigenvalue weighted by molar-refractivity contribution is 0.383. The van der Waals surface area contributed by atoms with Gasteiger partial charge in [0.05, 0.1) is 0 Å². The molecule has 0 radical (unpaired) electrons. The lowest BCUT2D eigenvalue weighted by atomic mass is 9.83. The molecule has 92 valence electrons. The topological polar surface area (TPSA) is 12.0 Å². The normalized spacial score (nSPS) is 18.7. The zero-order valence-electron chi connectivity index (χ0n) is 10.4. The molecule has 0 amide bonds. The Morgan fingerprint density at radius 1 is 1.47 bits per heavy atom. The fourth-order valence-electron chi connectivity index (χ4n) is 1.95. The van der Waals surface area contributed by atoms with Crippen LogP contribution in [0.25, 0.3) is 0 Å². The molecule has 0 saturated heterocycles. The first-order chi connectivity index (χ1) is 8.13. The standard InChI is InChI=1S/C15H20FN/c1-3-15(2,11-17-13-8-9-13)10-12-6-4-5-7-14(12)16/h3-7,13,17H,1,8-11H2,2H3. The minimum absolute atomic E-state index is 0.0786. The third-order valence-electron chi connectivity index (χ3n) is 3.42. The van der Waals surface area contributed by atoms with Crippen LogP contribution in [0, 0.1) is 11.2 Å². The molecule has 1 atom stereocenters. The number of hydrogen-bond acceptors (Lipinski definition) is 1. The van der Waals surface area contributed by atoms with Crippen molar-refractivity contribution in [1.29, 1.82) is 0 Å². The van der Waals surface area contributed by atoms with Crippen molar-refractivity contribution in [2.24, 2.45) is 5.41 Å². The smallest absolute Gasteiger partial charge is 0.126 e. The number of rotatable bonds is 6. The van der Waals surface area contributed by atoms with Gasteiger partial charge in [0.1, 0.15) is 5.82 Å². The van der Waals surface area contributed by atoms with Crippen molar-refractivity contribution in [3.05, 3.63) is 48.3 Å². The molecular weight excluding hydrogens is 213 g/mol. The largest absolute Gasteiger partial charge is 0.313 e. The molecule has 0 heterocycles. The summed E-state index contributed by atoms with van der Waals surface area (Å²) in [6.45, 7) is 6.89. The predicted molar refractivity (Wildman–Crippen MR) is 69.4 cm³/mol. The Morgan fingerprint density at radius 3 is 2.76 bits per heavy atom. The summed E-state index contributed by atoms with van der Waals surface area (Å²) in [5, 5.41) is 3.49. The molecule has 1 N–H and O–H groups in total. The molecular formula is C15H20FN. The van der Waals surface area contributed by atoms with Gasteiger partial charge in [-0.1, -0.05) is 31.2 Å². The van der Waals surface area contributed by atoms with Crippen LogP contribution in [0.4, 0.5) is 4.39 Å². The fraction of sp³-hybridized carbons (Fsp3) is 0.467. The van der Waals surface area contributed by atoms with Gasteiger partial charge >= 0.3 is 0 Å². The molecule has 17 heavy (non-hydrogen) atoms. The number of hydrogen-bond donors (Lipinski definition) is 1. The summed E-state index contributed by atoms with van der Waals surface area (Å²) in [7, 11) is 0. The molecule has 0 aliphatic heterocycles. The minimum Gasteiger partial charge on any atom is -0.313 e. The molecule has 1 aromatic rings. The Balaban J connectivity index is 2.01. The van der Waals surface area contributed by atoms with Crippen molar-refractivity contribution in [2.45, 2.75) is 32.2 Å². The highest BCUT2D eigenvalue weighted by Crippen LogP contribution is 2.27. The number of benzene rings is 1. The summed E-state index contributed by atoms with van der Waals surface area (Å²) in [4.78, 5) is 0. The molecule has 2 heteroatoms. The van der Waals surface area contributed by atoms with Gasteiger partial charge in [-0.2, -0.15) is 0 Å². The van der Waals surface area contributed by atoms with Gasteiger partial charge in [0, 0.05) is 18.0 Å². The number of halogens is 1. The van der Waals surface area contributed by atoms with Crippen LogP contribution < -0.4 is 5.32 Å². The van der Waals surface area contributed by atoms with E-state index in [2.05, 4.69) is 18.8 Å². The molecule has 1 aliphatic rings. The van der Waals surface area contributed by atoms with Crippen molar-refractivity contribution in [3.8, 4) is 0 Å². The maximum atomic E-state index is 13.6. The van der Waals surface area contributed by atoms with Gasteiger partial charge in [0.2, 0.25) is 0 Å². The van der Waals surface area contributed by atoms with Crippen LogP contribution in [0.1, 0.15) is 25.3 Å². The van der Waals surface area contributed by atoms with E-state index in [1.54, 1.807) is 6.07 Å². The Labute approximate surface area is 103 Å². The van der Waals surface area contributed by atoms with Crippen molar-refractivity contribution in [3.63, 3.8) is 0 Å². The van der Waals surface area contributed by atoms with E-state index in [0.717, 1.165) is 12.1 Å². The zero-order chi connectivity index (χ0) is 12.3. The highest BCUT2D eigenvalue weighted by Gasteiger charge is 2.27. The van der Waals surface area contributed by atoms with E-state index >= 15 is 0 Å². The van der Waals surface area contributed by atoms with E-state index in [-0.39, 0.29) is 11.2 Å². The lowest BCUT2D eigenvalue weighted by Crippen LogP contribution is -2.33. The average Bonchev–Trinajstić information content (AvgIpc) is 3.14. The van der Waals surface area contributed by atoms with Crippen molar-refractivity contribution < 1.29 is 4.39 Å². The highest BCUT2D eigenvalue weighted by molar-refractivity contribution is 5.20. The Morgan fingerprint density at radius 2 is 2.18 bits per heavy atom. The van der Waals surface area contributed by atoms with E-state index in [0.29, 0.717) is 12.5 Å². The van der Waals surface area contributed by atoms with Crippen LogP contribution in [-0.2, 0) is 6.42 Å². The Kier molecular flexibility index (Phi) is 3.63. The van der Waals surface area contributed by atoms with Crippen LogP contribution in [0.3, 0.4) is 0 Å². The molecule has 1 saturated carbocycles. The molecule has 0 aromatic heterocycles. The SMILES string of the molecule is C=CC(C)(CNC1CC1)Cc1ccccc1F. The van der Waals surface area contributed by atoms with Crippen molar-refractivity contribution in [2.75, 3.05) is 6.54 Å². The van der Waals surface area contributed by atoms with E-state index < -0.39 is 0 Å². The van der Waals surface area contributed by atoms with E-state index in [1.165, 1.54) is 18.9 Å². The zero-order valence-corrected chi connectivity index (χ0v) is 10.4. The van der Waals surface area contributed by atoms with Gasteiger partial charge in [0.25, 0.3) is 0 Å². The van der Waals surface area contributed by atoms with E-state index in [4.69, 9.17) is 0 Å². The summed E-state index contributed by atoms with van der Waals surface area (Å²) in [6, 6.07) is 7.67. The van der Waals surface area contributed by atoms with Gasteiger partial charge in [0.15, 0.2) is 0 Å². The van der Waals surface area contributed by atoms with Crippen molar-refractivity contribution in [1.82, 2.24) is 5.32 Å². The van der Waals surface area contributed by atoms with Crippen LogP contribution >= 0.6 is 0 Å². The molecule has 1 aliphatic carbocycles. The Hall–Kier alpha value is -1.15. The maximum Gasteiger partial charge on any atom is 0.126 e. The van der Waals surface area contributed by atoms with E-state index in [1.807, 2.05) is 18.2 Å². The third-order valence-corrected chi connectivity index (χ3v) is 3.42. The highest BCUT2D eigenvalue weighted by atomic mass is 19.1. The second-order valence-electron chi connectivity index (χ2n) is 5.28. The molecule has 0 spiro atoms. The molecule has 1 nitrogen and oxygen atoms in total. The first kappa shape index (κ1) is 12.3. The molecule has 1 fully saturated rings.